The zero-order chi connectivity index (χ0) is 10.1. The Bertz CT molecular complexity index is 305. The van der Waals surface area contributed by atoms with Crippen LogP contribution in [0.1, 0.15) is 26.7 Å². The summed E-state index contributed by atoms with van der Waals surface area (Å²) in [5, 5.41) is 4.51. The number of hydrogen-bond acceptors (Lipinski definition) is 3. The lowest BCUT2D eigenvalue weighted by Gasteiger charge is -2.38. The first-order valence-corrected chi connectivity index (χ1v) is 6.64. The van der Waals surface area contributed by atoms with Crippen molar-refractivity contribution in [3.8, 4) is 0 Å². The van der Waals surface area contributed by atoms with Gasteiger partial charge in [0.15, 0.2) is 5.13 Å². The average molecular weight is 275 g/mol. The van der Waals surface area contributed by atoms with Gasteiger partial charge in [-0.25, -0.2) is 4.98 Å². The molecule has 0 unspecified atom stereocenters. The minimum absolute atomic E-state index is 0.653. The maximum Gasteiger partial charge on any atom is 0.183 e. The molecule has 1 aromatic rings. The standard InChI is InChI=1S/C10H15BrN2S/c1-6(2)7-3-8(4-7)13-10-12-5-9(11)14-10/h5-8H,3-4H2,1-2H3,(H,12,13). The van der Waals surface area contributed by atoms with E-state index in [1.54, 1.807) is 11.3 Å². The van der Waals surface area contributed by atoms with E-state index in [4.69, 9.17) is 0 Å². The van der Waals surface area contributed by atoms with Crippen LogP contribution in [-0.4, -0.2) is 11.0 Å². The molecule has 78 valence electrons. The SMILES string of the molecule is CC(C)C1CC(Nc2ncc(Br)s2)C1. The third kappa shape index (κ3) is 2.28. The number of halogens is 1. The third-order valence-electron chi connectivity index (χ3n) is 2.92. The minimum Gasteiger partial charge on any atom is -0.359 e. The Hall–Kier alpha value is -0.0900. The second-order valence-electron chi connectivity index (χ2n) is 4.29. The molecule has 1 heterocycles. The molecule has 1 aliphatic rings. The van der Waals surface area contributed by atoms with Crippen molar-refractivity contribution < 1.29 is 0 Å². The summed E-state index contributed by atoms with van der Waals surface area (Å²) in [5.74, 6) is 1.74. The van der Waals surface area contributed by atoms with Crippen LogP contribution >= 0.6 is 27.3 Å². The topological polar surface area (TPSA) is 24.9 Å². The van der Waals surface area contributed by atoms with Crippen LogP contribution in [0.5, 0.6) is 0 Å². The highest BCUT2D eigenvalue weighted by atomic mass is 79.9. The van der Waals surface area contributed by atoms with Crippen molar-refractivity contribution in [2.75, 3.05) is 5.32 Å². The number of nitrogens with one attached hydrogen (secondary N) is 1. The Labute approximate surface area is 97.3 Å². The fraction of sp³-hybridized carbons (Fsp3) is 0.700. The van der Waals surface area contributed by atoms with Crippen molar-refractivity contribution in [1.29, 1.82) is 0 Å². The van der Waals surface area contributed by atoms with Crippen LogP contribution in [0.25, 0.3) is 0 Å². The Balaban J connectivity index is 1.79. The molecule has 0 saturated heterocycles. The molecule has 0 aromatic carbocycles. The van der Waals surface area contributed by atoms with Gasteiger partial charge in [0.1, 0.15) is 0 Å². The van der Waals surface area contributed by atoms with E-state index in [1.807, 2.05) is 6.20 Å². The van der Waals surface area contributed by atoms with Gasteiger partial charge in [0.2, 0.25) is 0 Å². The lowest BCUT2D eigenvalue weighted by atomic mass is 9.74. The predicted octanol–water partition coefficient (Wildman–Crippen LogP) is 3.75. The van der Waals surface area contributed by atoms with Gasteiger partial charge in [-0.15, -0.1) is 0 Å². The summed E-state index contributed by atoms with van der Waals surface area (Å²) in [6.45, 7) is 4.61. The van der Waals surface area contributed by atoms with Gasteiger partial charge < -0.3 is 5.32 Å². The van der Waals surface area contributed by atoms with Crippen LogP contribution in [0.15, 0.2) is 9.98 Å². The maximum absolute atomic E-state index is 4.27. The van der Waals surface area contributed by atoms with Crippen molar-refractivity contribution in [2.24, 2.45) is 11.8 Å². The van der Waals surface area contributed by atoms with E-state index in [-0.39, 0.29) is 0 Å². The number of aromatic nitrogens is 1. The molecule has 0 spiro atoms. The van der Waals surface area contributed by atoms with Crippen molar-refractivity contribution in [1.82, 2.24) is 4.98 Å². The smallest absolute Gasteiger partial charge is 0.183 e. The number of rotatable bonds is 3. The second kappa shape index (κ2) is 4.19. The summed E-state index contributed by atoms with van der Waals surface area (Å²) in [6, 6.07) is 0.653. The van der Waals surface area contributed by atoms with Crippen LogP contribution in [0, 0.1) is 11.8 Å². The molecule has 0 bridgehead atoms. The predicted molar refractivity (Wildman–Crippen MR) is 64.8 cm³/mol. The van der Waals surface area contributed by atoms with Crippen molar-refractivity contribution in [3.05, 3.63) is 9.98 Å². The molecule has 1 fully saturated rings. The molecule has 1 aromatic heterocycles. The lowest BCUT2D eigenvalue weighted by Crippen LogP contribution is -2.37. The summed E-state index contributed by atoms with van der Waals surface area (Å²) in [7, 11) is 0. The highest BCUT2D eigenvalue weighted by molar-refractivity contribution is 9.11. The summed E-state index contributed by atoms with van der Waals surface area (Å²) in [6.07, 6.45) is 4.45. The van der Waals surface area contributed by atoms with Crippen LogP contribution in [0.3, 0.4) is 0 Å². The van der Waals surface area contributed by atoms with Crippen LogP contribution < -0.4 is 5.32 Å². The maximum atomic E-state index is 4.27. The molecule has 1 saturated carbocycles. The zero-order valence-corrected chi connectivity index (χ0v) is 10.9. The Morgan fingerprint density at radius 1 is 1.57 bits per heavy atom. The van der Waals surface area contributed by atoms with E-state index in [1.165, 1.54) is 12.8 Å². The minimum atomic E-state index is 0.653. The first kappa shape index (κ1) is 10.4. The number of hydrogen-bond donors (Lipinski definition) is 1. The van der Waals surface area contributed by atoms with E-state index < -0.39 is 0 Å². The summed E-state index contributed by atoms with van der Waals surface area (Å²) >= 11 is 5.08. The molecule has 14 heavy (non-hydrogen) atoms. The summed E-state index contributed by atoms with van der Waals surface area (Å²) in [4.78, 5) is 4.27. The van der Waals surface area contributed by atoms with E-state index in [0.29, 0.717) is 6.04 Å². The largest absolute Gasteiger partial charge is 0.359 e. The van der Waals surface area contributed by atoms with Gasteiger partial charge in [-0.1, -0.05) is 25.2 Å². The third-order valence-corrected chi connectivity index (χ3v) is 4.33. The van der Waals surface area contributed by atoms with Crippen molar-refractivity contribution in [2.45, 2.75) is 32.7 Å². The van der Waals surface area contributed by atoms with Crippen molar-refractivity contribution in [3.63, 3.8) is 0 Å². The first-order valence-electron chi connectivity index (χ1n) is 5.03. The molecule has 1 N–H and O–H groups in total. The highest BCUT2D eigenvalue weighted by Gasteiger charge is 2.31. The van der Waals surface area contributed by atoms with Gasteiger partial charge >= 0.3 is 0 Å². The second-order valence-corrected chi connectivity index (χ2v) is 6.70. The van der Waals surface area contributed by atoms with E-state index in [9.17, 15) is 0 Å². The average Bonchev–Trinajstić information content (AvgIpc) is 2.42. The normalized spacial score (nSPS) is 26.3. The fourth-order valence-electron chi connectivity index (χ4n) is 1.82. The highest BCUT2D eigenvalue weighted by Crippen LogP contribution is 2.36. The van der Waals surface area contributed by atoms with E-state index >= 15 is 0 Å². The Morgan fingerprint density at radius 3 is 2.79 bits per heavy atom. The fourth-order valence-corrected chi connectivity index (χ4v) is 3.00. The van der Waals surface area contributed by atoms with Gasteiger partial charge in [-0.05, 0) is 40.6 Å². The molecule has 0 radical (unpaired) electrons. The lowest BCUT2D eigenvalue weighted by molar-refractivity contribution is 0.212. The molecule has 1 aliphatic carbocycles. The monoisotopic (exact) mass is 274 g/mol. The van der Waals surface area contributed by atoms with Crippen LogP contribution in [0.4, 0.5) is 5.13 Å². The Morgan fingerprint density at radius 2 is 2.29 bits per heavy atom. The molecule has 2 rings (SSSR count). The molecular formula is C10H15BrN2S. The molecule has 2 nitrogen and oxygen atoms in total. The van der Waals surface area contributed by atoms with Crippen molar-refractivity contribution >= 4 is 32.4 Å². The van der Waals surface area contributed by atoms with Crippen LogP contribution in [0.2, 0.25) is 0 Å². The van der Waals surface area contributed by atoms with Gasteiger partial charge in [0.05, 0.1) is 9.98 Å². The number of thiazole rings is 1. The van der Waals surface area contributed by atoms with Gasteiger partial charge in [-0.3, -0.25) is 0 Å². The summed E-state index contributed by atoms with van der Waals surface area (Å²) < 4.78 is 1.10. The van der Waals surface area contributed by atoms with Gasteiger partial charge in [0.25, 0.3) is 0 Å². The van der Waals surface area contributed by atoms with Gasteiger partial charge in [-0.2, -0.15) is 0 Å². The number of nitrogens with zero attached hydrogens (tertiary/aromatic N) is 1. The zero-order valence-electron chi connectivity index (χ0n) is 8.46. The first-order chi connectivity index (χ1) is 6.65. The summed E-state index contributed by atoms with van der Waals surface area (Å²) in [5.41, 5.74) is 0. The van der Waals surface area contributed by atoms with Crippen LogP contribution in [-0.2, 0) is 0 Å². The molecule has 0 atom stereocenters. The molecular weight excluding hydrogens is 260 g/mol. The molecule has 0 aliphatic heterocycles. The van der Waals surface area contributed by atoms with E-state index in [0.717, 1.165) is 20.8 Å². The number of anilines is 1. The van der Waals surface area contributed by atoms with E-state index in [2.05, 4.69) is 40.1 Å². The quantitative estimate of drug-likeness (QED) is 0.908. The molecule has 4 heteroatoms. The molecule has 0 amide bonds. The Kier molecular flexibility index (Phi) is 3.12. The van der Waals surface area contributed by atoms with Gasteiger partial charge in [0, 0.05) is 6.04 Å².